The molecule has 0 amide bonds. The van der Waals surface area contributed by atoms with Crippen LogP contribution in [0.3, 0.4) is 0 Å². The number of aliphatic hydroxyl groups is 1. The Balaban J connectivity index is 2.12. The molecule has 3 nitrogen and oxygen atoms in total. The lowest BCUT2D eigenvalue weighted by Crippen LogP contribution is -2.24. The van der Waals surface area contributed by atoms with Gasteiger partial charge in [0.05, 0.1) is 17.2 Å². The van der Waals surface area contributed by atoms with Crippen LogP contribution >= 0.6 is 11.3 Å². The third-order valence-electron chi connectivity index (χ3n) is 4.93. The molecule has 0 bridgehead atoms. The Hall–Kier alpha value is -0.610. The molecular formula is C17H30N2OS. The Morgan fingerprint density at radius 2 is 2.05 bits per heavy atom. The van der Waals surface area contributed by atoms with Crippen LogP contribution in [0.25, 0.3) is 0 Å². The highest BCUT2D eigenvalue weighted by molar-refractivity contribution is 7.15. The van der Waals surface area contributed by atoms with E-state index in [1.807, 2.05) is 0 Å². The van der Waals surface area contributed by atoms with E-state index < -0.39 is 0 Å². The van der Waals surface area contributed by atoms with Crippen molar-refractivity contribution in [3.05, 3.63) is 10.6 Å². The van der Waals surface area contributed by atoms with E-state index in [4.69, 9.17) is 4.98 Å². The van der Waals surface area contributed by atoms with E-state index in [0.29, 0.717) is 5.92 Å². The first-order valence-corrected chi connectivity index (χ1v) is 9.23. The smallest absolute Gasteiger partial charge is 0.185 e. The molecule has 1 aliphatic rings. The minimum atomic E-state index is 0.125. The summed E-state index contributed by atoms with van der Waals surface area (Å²) in [6.07, 6.45) is 4.94. The van der Waals surface area contributed by atoms with Crippen LogP contribution in [0.15, 0.2) is 0 Å². The minimum Gasteiger partial charge on any atom is -0.391 e. The van der Waals surface area contributed by atoms with Crippen LogP contribution in [0.1, 0.15) is 69.9 Å². The Labute approximate surface area is 133 Å². The minimum absolute atomic E-state index is 0.125. The summed E-state index contributed by atoms with van der Waals surface area (Å²) in [5.74, 6) is 2.07. The summed E-state index contributed by atoms with van der Waals surface area (Å²) in [6, 6.07) is 0. The Morgan fingerprint density at radius 1 is 1.29 bits per heavy atom. The first-order chi connectivity index (χ1) is 10.1. The number of thiazole rings is 1. The molecule has 4 heteroatoms. The molecule has 2 rings (SSSR count). The molecule has 0 spiro atoms. The number of rotatable bonds is 5. The molecule has 0 saturated carbocycles. The number of anilines is 1. The van der Waals surface area contributed by atoms with Crippen molar-refractivity contribution >= 4 is 16.5 Å². The fraction of sp³-hybridized carbons (Fsp3) is 0.824. The normalized spacial score (nSPS) is 21.6. The molecule has 0 aliphatic carbocycles. The van der Waals surface area contributed by atoms with Gasteiger partial charge < -0.3 is 10.0 Å². The van der Waals surface area contributed by atoms with Crippen LogP contribution in [0.2, 0.25) is 0 Å². The van der Waals surface area contributed by atoms with Gasteiger partial charge in [0.1, 0.15) is 0 Å². The van der Waals surface area contributed by atoms with Gasteiger partial charge in [-0.3, -0.25) is 0 Å². The Morgan fingerprint density at radius 3 is 2.67 bits per heavy atom. The second-order valence-corrected chi connectivity index (χ2v) is 7.76. The van der Waals surface area contributed by atoms with Gasteiger partial charge in [-0.05, 0) is 43.4 Å². The molecule has 1 fully saturated rings. The van der Waals surface area contributed by atoms with Gasteiger partial charge in [0, 0.05) is 13.1 Å². The second kappa shape index (κ2) is 7.59. The van der Waals surface area contributed by atoms with Gasteiger partial charge in [0.15, 0.2) is 5.13 Å². The number of aliphatic hydroxyl groups excluding tert-OH is 1. The summed E-state index contributed by atoms with van der Waals surface area (Å²) in [5.41, 5.74) is 1.12. The van der Waals surface area contributed by atoms with Gasteiger partial charge >= 0.3 is 0 Å². The van der Waals surface area contributed by atoms with Crippen LogP contribution in [0, 0.1) is 11.8 Å². The highest BCUT2D eigenvalue weighted by Crippen LogP contribution is 2.34. The fourth-order valence-corrected chi connectivity index (χ4v) is 4.25. The molecule has 2 heterocycles. The highest BCUT2D eigenvalue weighted by atomic mass is 32.1. The van der Waals surface area contributed by atoms with Crippen molar-refractivity contribution in [1.29, 1.82) is 0 Å². The summed E-state index contributed by atoms with van der Waals surface area (Å²) >= 11 is 1.69. The summed E-state index contributed by atoms with van der Waals surface area (Å²) < 4.78 is 0. The van der Waals surface area contributed by atoms with Crippen molar-refractivity contribution in [3.8, 4) is 0 Å². The van der Waals surface area contributed by atoms with Gasteiger partial charge in [-0.15, -0.1) is 0 Å². The molecule has 2 atom stereocenters. The van der Waals surface area contributed by atoms with E-state index in [1.165, 1.54) is 19.3 Å². The topological polar surface area (TPSA) is 36.4 Å². The zero-order valence-electron chi connectivity index (χ0n) is 13.9. The first kappa shape index (κ1) is 16.8. The van der Waals surface area contributed by atoms with Crippen LogP contribution in [-0.2, 0) is 6.61 Å². The van der Waals surface area contributed by atoms with Crippen molar-refractivity contribution in [1.82, 2.24) is 4.98 Å². The maximum Gasteiger partial charge on any atom is 0.185 e. The van der Waals surface area contributed by atoms with Crippen LogP contribution in [0.4, 0.5) is 5.13 Å². The monoisotopic (exact) mass is 310 g/mol. The largest absolute Gasteiger partial charge is 0.391 e. The van der Waals surface area contributed by atoms with Gasteiger partial charge in [0.25, 0.3) is 0 Å². The molecule has 1 N–H and O–H groups in total. The fourth-order valence-electron chi connectivity index (χ4n) is 3.16. The lowest BCUT2D eigenvalue weighted by Gasteiger charge is -2.20. The van der Waals surface area contributed by atoms with E-state index in [0.717, 1.165) is 47.0 Å². The van der Waals surface area contributed by atoms with Crippen molar-refractivity contribution < 1.29 is 5.11 Å². The molecule has 2 unspecified atom stereocenters. The predicted molar refractivity (Wildman–Crippen MR) is 91.1 cm³/mol. The lowest BCUT2D eigenvalue weighted by molar-refractivity contribution is 0.283. The van der Waals surface area contributed by atoms with Crippen LogP contribution in [-0.4, -0.2) is 23.2 Å². The van der Waals surface area contributed by atoms with Crippen LogP contribution < -0.4 is 4.90 Å². The molecule has 1 aliphatic heterocycles. The van der Waals surface area contributed by atoms with Crippen molar-refractivity contribution in [2.24, 2.45) is 11.8 Å². The molecule has 21 heavy (non-hydrogen) atoms. The summed E-state index contributed by atoms with van der Waals surface area (Å²) in [4.78, 5) is 8.37. The standard InChI is InChI=1S/C17H30N2OS/c1-5-13(4)16-15(11-20)21-17(18-16)19-9-6-7-14(8-10-19)12(2)3/h12-14,20H,5-11H2,1-4H3. The first-order valence-electron chi connectivity index (χ1n) is 8.42. The number of nitrogens with zero attached hydrogens (tertiary/aromatic N) is 2. The SMILES string of the molecule is CCC(C)c1nc(N2CCCC(C(C)C)CC2)sc1CO. The van der Waals surface area contributed by atoms with Crippen molar-refractivity contribution in [3.63, 3.8) is 0 Å². The Bertz CT molecular complexity index is 444. The van der Waals surface area contributed by atoms with E-state index in [1.54, 1.807) is 11.3 Å². The lowest BCUT2D eigenvalue weighted by atomic mass is 9.89. The van der Waals surface area contributed by atoms with Gasteiger partial charge in [-0.1, -0.05) is 39.0 Å². The number of hydrogen-bond donors (Lipinski definition) is 1. The molecule has 1 aromatic heterocycles. The molecule has 1 saturated heterocycles. The highest BCUT2D eigenvalue weighted by Gasteiger charge is 2.23. The third kappa shape index (κ3) is 3.98. The molecule has 120 valence electrons. The summed E-state index contributed by atoms with van der Waals surface area (Å²) in [7, 11) is 0. The van der Waals surface area contributed by atoms with E-state index >= 15 is 0 Å². The quantitative estimate of drug-likeness (QED) is 0.875. The van der Waals surface area contributed by atoms with E-state index in [9.17, 15) is 5.11 Å². The zero-order valence-corrected chi connectivity index (χ0v) is 14.7. The third-order valence-corrected chi connectivity index (χ3v) is 6.04. The number of aromatic nitrogens is 1. The van der Waals surface area contributed by atoms with Crippen molar-refractivity contribution in [2.75, 3.05) is 18.0 Å². The maximum absolute atomic E-state index is 9.60. The molecule has 1 aromatic rings. The Kier molecular flexibility index (Phi) is 6.06. The second-order valence-electron chi connectivity index (χ2n) is 6.69. The molecule has 0 aromatic carbocycles. The van der Waals surface area contributed by atoms with E-state index in [2.05, 4.69) is 32.6 Å². The average Bonchev–Trinajstić information content (AvgIpc) is 2.75. The maximum atomic E-state index is 9.60. The zero-order chi connectivity index (χ0) is 15.4. The van der Waals surface area contributed by atoms with Gasteiger partial charge in [-0.25, -0.2) is 4.98 Å². The summed E-state index contributed by atoms with van der Waals surface area (Å²) in [6.45, 7) is 11.4. The van der Waals surface area contributed by atoms with Crippen LogP contribution in [0.5, 0.6) is 0 Å². The summed E-state index contributed by atoms with van der Waals surface area (Å²) in [5, 5.41) is 10.7. The molecular weight excluding hydrogens is 280 g/mol. The van der Waals surface area contributed by atoms with Gasteiger partial charge in [-0.2, -0.15) is 0 Å². The average molecular weight is 311 g/mol. The van der Waals surface area contributed by atoms with Gasteiger partial charge in [0.2, 0.25) is 0 Å². The predicted octanol–water partition coefficient (Wildman–Crippen LogP) is 4.41. The van der Waals surface area contributed by atoms with Crippen molar-refractivity contribution in [2.45, 2.75) is 65.9 Å². The van der Waals surface area contributed by atoms with E-state index in [-0.39, 0.29) is 6.61 Å². The molecule has 0 radical (unpaired) electrons. The number of hydrogen-bond acceptors (Lipinski definition) is 4.